The summed E-state index contributed by atoms with van der Waals surface area (Å²) in [5.41, 5.74) is 7.13. The molecule has 1 fully saturated rings. The number of nitrogens with one attached hydrogen (secondary N) is 1. The standard InChI is InChI=1S/C12H19N3/c13-11-5-3-6-12(11)15-9-7-10-4-1-2-8-14-10/h1-2,4,8,11-12,15H,3,5-7,9,13H2. The van der Waals surface area contributed by atoms with Crippen molar-refractivity contribution < 1.29 is 0 Å². The highest BCUT2D eigenvalue weighted by atomic mass is 15.0. The molecule has 82 valence electrons. The van der Waals surface area contributed by atoms with Gasteiger partial charge in [0.25, 0.3) is 0 Å². The van der Waals surface area contributed by atoms with Crippen molar-refractivity contribution in [1.82, 2.24) is 10.3 Å². The maximum absolute atomic E-state index is 5.98. The maximum Gasteiger partial charge on any atom is 0.0416 e. The molecule has 2 rings (SSSR count). The highest BCUT2D eigenvalue weighted by molar-refractivity contribution is 5.03. The molecule has 1 heterocycles. The number of pyridine rings is 1. The van der Waals surface area contributed by atoms with E-state index in [0.717, 1.165) is 18.7 Å². The number of hydrogen-bond donors (Lipinski definition) is 2. The van der Waals surface area contributed by atoms with Crippen LogP contribution < -0.4 is 11.1 Å². The first-order chi connectivity index (χ1) is 7.36. The third-order valence-corrected chi connectivity index (χ3v) is 3.08. The van der Waals surface area contributed by atoms with Gasteiger partial charge in [0.1, 0.15) is 0 Å². The number of nitrogens with zero attached hydrogens (tertiary/aromatic N) is 1. The van der Waals surface area contributed by atoms with Crippen molar-refractivity contribution in [1.29, 1.82) is 0 Å². The van der Waals surface area contributed by atoms with Gasteiger partial charge in [-0.2, -0.15) is 0 Å². The average Bonchev–Trinajstić information content (AvgIpc) is 2.66. The molecule has 2 unspecified atom stereocenters. The van der Waals surface area contributed by atoms with Crippen molar-refractivity contribution in [3.63, 3.8) is 0 Å². The Hall–Kier alpha value is -0.930. The van der Waals surface area contributed by atoms with E-state index >= 15 is 0 Å². The minimum Gasteiger partial charge on any atom is -0.326 e. The molecule has 3 heteroatoms. The molecule has 0 aromatic carbocycles. The van der Waals surface area contributed by atoms with Crippen LogP contribution in [0.1, 0.15) is 25.0 Å². The first-order valence-electron chi connectivity index (χ1n) is 5.75. The molecule has 3 N–H and O–H groups in total. The van der Waals surface area contributed by atoms with Crippen LogP contribution in [0.15, 0.2) is 24.4 Å². The van der Waals surface area contributed by atoms with Gasteiger partial charge < -0.3 is 11.1 Å². The second-order valence-corrected chi connectivity index (χ2v) is 4.23. The lowest BCUT2D eigenvalue weighted by Gasteiger charge is -2.16. The summed E-state index contributed by atoms with van der Waals surface area (Å²) in [5.74, 6) is 0. The van der Waals surface area contributed by atoms with Crippen molar-refractivity contribution in [3.05, 3.63) is 30.1 Å². The lowest BCUT2D eigenvalue weighted by atomic mass is 10.2. The largest absolute Gasteiger partial charge is 0.326 e. The molecule has 1 aromatic heterocycles. The van der Waals surface area contributed by atoms with Crippen LogP contribution in [0.4, 0.5) is 0 Å². The van der Waals surface area contributed by atoms with E-state index < -0.39 is 0 Å². The van der Waals surface area contributed by atoms with Crippen molar-refractivity contribution >= 4 is 0 Å². The fourth-order valence-electron chi connectivity index (χ4n) is 2.17. The molecule has 0 radical (unpaired) electrons. The van der Waals surface area contributed by atoms with Crippen molar-refractivity contribution in [2.75, 3.05) is 6.54 Å². The lowest BCUT2D eigenvalue weighted by Crippen LogP contribution is -2.41. The third kappa shape index (κ3) is 3.01. The predicted molar refractivity (Wildman–Crippen MR) is 61.6 cm³/mol. The van der Waals surface area contributed by atoms with E-state index in [4.69, 9.17) is 5.73 Å². The van der Waals surface area contributed by atoms with Gasteiger partial charge in [-0.15, -0.1) is 0 Å². The summed E-state index contributed by atoms with van der Waals surface area (Å²) >= 11 is 0. The Labute approximate surface area is 91.1 Å². The summed E-state index contributed by atoms with van der Waals surface area (Å²) in [6.07, 6.45) is 6.49. The molecule has 0 saturated heterocycles. The quantitative estimate of drug-likeness (QED) is 0.773. The van der Waals surface area contributed by atoms with E-state index in [-0.39, 0.29) is 0 Å². The monoisotopic (exact) mass is 205 g/mol. The molecule has 1 aliphatic rings. The molecule has 0 aliphatic heterocycles. The lowest BCUT2D eigenvalue weighted by molar-refractivity contribution is 0.478. The smallest absolute Gasteiger partial charge is 0.0416 e. The number of rotatable bonds is 4. The van der Waals surface area contributed by atoms with Gasteiger partial charge in [-0.05, 0) is 25.0 Å². The van der Waals surface area contributed by atoms with Gasteiger partial charge in [-0.1, -0.05) is 12.5 Å². The van der Waals surface area contributed by atoms with Crippen LogP contribution in [0.25, 0.3) is 0 Å². The normalized spacial score (nSPS) is 25.7. The van der Waals surface area contributed by atoms with Crippen LogP contribution in [0.2, 0.25) is 0 Å². The van der Waals surface area contributed by atoms with Crippen molar-refractivity contribution in [2.45, 2.75) is 37.8 Å². The molecule has 0 spiro atoms. The molecule has 1 aliphatic carbocycles. The molecule has 1 saturated carbocycles. The van der Waals surface area contributed by atoms with Gasteiger partial charge in [-0.3, -0.25) is 4.98 Å². The van der Waals surface area contributed by atoms with Gasteiger partial charge in [0, 0.05) is 36.9 Å². The van der Waals surface area contributed by atoms with Gasteiger partial charge >= 0.3 is 0 Å². The second kappa shape index (κ2) is 5.24. The van der Waals surface area contributed by atoms with E-state index in [9.17, 15) is 0 Å². The van der Waals surface area contributed by atoms with E-state index in [1.54, 1.807) is 0 Å². The van der Waals surface area contributed by atoms with E-state index in [1.165, 1.54) is 19.3 Å². The SMILES string of the molecule is NC1CCCC1NCCc1ccccn1. The molecule has 15 heavy (non-hydrogen) atoms. The van der Waals surface area contributed by atoms with Gasteiger partial charge in [0.05, 0.1) is 0 Å². The maximum atomic E-state index is 5.98. The highest BCUT2D eigenvalue weighted by Crippen LogP contribution is 2.16. The predicted octanol–water partition coefficient (Wildman–Crippen LogP) is 1.09. The summed E-state index contributed by atoms with van der Waals surface area (Å²) in [6.45, 7) is 0.982. The zero-order chi connectivity index (χ0) is 10.5. The van der Waals surface area contributed by atoms with Crippen LogP contribution in [0.5, 0.6) is 0 Å². The van der Waals surface area contributed by atoms with Crippen molar-refractivity contribution in [2.24, 2.45) is 5.73 Å². The summed E-state index contributed by atoms with van der Waals surface area (Å²) < 4.78 is 0. The number of hydrogen-bond acceptors (Lipinski definition) is 3. The van der Waals surface area contributed by atoms with Crippen molar-refractivity contribution in [3.8, 4) is 0 Å². The van der Waals surface area contributed by atoms with E-state index in [1.807, 2.05) is 18.3 Å². The number of nitrogens with two attached hydrogens (primary N) is 1. The molecule has 0 bridgehead atoms. The molecule has 3 nitrogen and oxygen atoms in total. The summed E-state index contributed by atoms with van der Waals surface area (Å²) in [5, 5.41) is 3.51. The zero-order valence-corrected chi connectivity index (χ0v) is 9.02. The van der Waals surface area contributed by atoms with Crippen LogP contribution in [-0.4, -0.2) is 23.6 Å². The molecular weight excluding hydrogens is 186 g/mol. The Morgan fingerprint density at radius 3 is 3.00 bits per heavy atom. The molecule has 2 atom stereocenters. The minimum absolute atomic E-state index is 0.355. The van der Waals surface area contributed by atoms with E-state index in [0.29, 0.717) is 12.1 Å². The van der Waals surface area contributed by atoms with Gasteiger partial charge in [-0.25, -0.2) is 0 Å². The van der Waals surface area contributed by atoms with E-state index in [2.05, 4.69) is 16.4 Å². The van der Waals surface area contributed by atoms with Gasteiger partial charge in [0.15, 0.2) is 0 Å². The Morgan fingerprint density at radius 2 is 2.33 bits per heavy atom. The second-order valence-electron chi connectivity index (χ2n) is 4.23. The molecule has 1 aromatic rings. The first kappa shape index (κ1) is 10.6. The average molecular weight is 205 g/mol. The molecular formula is C12H19N3. The van der Waals surface area contributed by atoms with Crippen LogP contribution >= 0.6 is 0 Å². The summed E-state index contributed by atoms with van der Waals surface area (Å²) in [6, 6.07) is 6.92. The Bertz CT molecular complexity index is 286. The minimum atomic E-state index is 0.355. The third-order valence-electron chi connectivity index (χ3n) is 3.08. The highest BCUT2D eigenvalue weighted by Gasteiger charge is 2.22. The zero-order valence-electron chi connectivity index (χ0n) is 9.02. The summed E-state index contributed by atoms with van der Waals surface area (Å²) in [4.78, 5) is 4.29. The fraction of sp³-hybridized carbons (Fsp3) is 0.583. The van der Waals surface area contributed by atoms with Crippen LogP contribution in [-0.2, 0) is 6.42 Å². The van der Waals surface area contributed by atoms with Crippen LogP contribution in [0.3, 0.4) is 0 Å². The Balaban J connectivity index is 1.71. The van der Waals surface area contributed by atoms with Gasteiger partial charge in [0.2, 0.25) is 0 Å². The Morgan fingerprint density at radius 1 is 1.40 bits per heavy atom. The Kier molecular flexibility index (Phi) is 3.69. The topological polar surface area (TPSA) is 50.9 Å². The molecule has 0 amide bonds. The summed E-state index contributed by atoms with van der Waals surface area (Å²) in [7, 11) is 0. The van der Waals surface area contributed by atoms with Crippen LogP contribution in [0, 0.1) is 0 Å². The first-order valence-corrected chi connectivity index (χ1v) is 5.75. The number of aromatic nitrogens is 1. The fourth-order valence-corrected chi connectivity index (χ4v) is 2.17.